The van der Waals surface area contributed by atoms with Crippen LogP contribution in [-0.2, 0) is 39.9 Å². The largest absolute Gasteiger partial charge is 0.469 e. The number of likely N-dealkylation sites (tertiary alicyclic amines) is 1. The second-order valence-electron chi connectivity index (χ2n) is 13.8. The zero-order valence-electron chi connectivity index (χ0n) is 31.4. The Balaban J connectivity index is 1.60. The first-order valence-corrected chi connectivity index (χ1v) is 19.2. The number of fused-ring (bicyclic) bond motifs is 1. The summed E-state index contributed by atoms with van der Waals surface area (Å²) in [6.07, 6.45) is 4.66. The van der Waals surface area contributed by atoms with E-state index in [1.54, 1.807) is 31.3 Å². The normalized spacial score (nSPS) is 16.4. The minimum atomic E-state index is -1.13. The van der Waals surface area contributed by atoms with Gasteiger partial charge in [0.05, 0.1) is 13.2 Å². The molecule has 1 saturated heterocycles. The Morgan fingerprint density at radius 1 is 0.964 bits per heavy atom. The average molecular weight is 779 g/mol. The van der Waals surface area contributed by atoms with Gasteiger partial charge in [-0.15, -0.1) is 11.6 Å². The van der Waals surface area contributed by atoms with Crippen LogP contribution in [0.5, 0.6) is 0 Å². The van der Waals surface area contributed by atoms with Gasteiger partial charge in [0.25, 0.3) is 0 Å². The number of hydrogen-bond acceptors (Lipinski definition) is 8. The third-order valence-electron chi connectivity index (χ3n) is 10.1. The fourth-order valence-corrected chi connectivity index (χ4v) is 7.19. The molecule has 14 nitrogen and oxygen atoms in total. The number of hydrogen-bond donors (Lipinski definition) is 4. The number of esters is 1. The van der Waals surface area contributed by atoms with Gasteiger partial charge in [-0.2, -0.15) is 0 Å². The first-order chi connectivity index (χ1) is 26.4. The van der Waals surface area contributed by atoms with Crippen molar-refractivity contribution >= 4 is 64.3 Å². The highest BCUT2D eigenvalue weighted by atomic mass is 35.5. The number of para-hydroxylation sites is 1. The number of methoxy groups -OCH3 is 1. The summed E-state index contributed by atoms with van der Waals surface area (Å²) >= 11 is 5.72. The summed E-state index contributed by atoms with van der Waals surface area (Å²) in [6, 6.07) is 13.0. The van der Waals surface area contributed by atoms with E-state index in [2.05, 4.69) is 16.0 Å². The summed E-state index contributed by atoms with van der Waals surface area (Å²) in [5.41, 5.74) is 8.84. The highest BCUT2D eigenvalue weighted by Crippen LogP contribution is 2.32. The van der Waals surface area contributed by atoms with Crippen LogP contribution in [0.1, 0.15) is 68.9 Å². The summed E-state index contributed by atoms with van der Waals surface area (Å²) in [5.74, 6) is -4.10. The van der Waals surface area contributed by atoms with E-state index < -0.39 is 59.6 Å². The molecule has 1 aliphatic carbocycles. The number of allylic oxidation sites excluding steroid dienone is 1. The van der Waals surface area contributed by atoms with Gasteiger partial charge in [-0.25, -0.2) is 4.79 Å². The Morgan fingerprint density at radius 3 is 2.40 bits per heavy atom. The molecule has 2 aromatic rings. The fourth-order valence-electron chi connectivity index (χ4n) is 7.11. The van der Waals surface area contributed by atoms with Gasteiger partial charge in [0.2, 0.25) is 23.6 Å². The maximum atomic E-state index is 14.4. The Kier molecular flexibility index (Phi) is 16.2. The lowest BCUT2D eigenvalue weighted by Gasteiger charge is -2.37. The van der Waals surface area contributed by atoms with E-state index in [4.69, 9.17) is 22.1 Å². The minimum Gasteiger partial charge on any atom is -0.469 e. The van der Waals surface area contributed by atoms with Crippen molar-refractivity contribution in [2.75, 3.05) is 38.0 Å². The molecule has 1 heterocycles. The Labute approximate surface area is 326 Å². The average Bonchev–Trinajstić information content (AvgIpc) is 3.61. The van der Waals surface area contributed by atoms with Crippen molar-refractivity contribution in [3.05, 3.63) is 71.8 Å². The molecule has 4 atom stereocenters. The summed E-state index contributed by atoms with van der Waals surface area (Å²) < 4.78 is 4.72. The number of ether oxygens (including phenoxy) is 1. The molecule has 55 heavy (non-hydrogen) atoms. The number of alkyl halides is 1. The molecule has 0 aromatic heterocycles. The molecule has 2 aliphatic rings. The van der Waals surface area contributed by atoms with E-state index in [1.165, 1.54) is 16.9 Å². The third-order valence-corrected chi connectivity index (χ3v) is 10.3. The number of amides is 6. The van der Waals surface area contributed by atoms with E-state index in [-0.39, 0.29) is 56.9 Å². The highest BCUT2D eigenvalue weighted by Gasteiger charge is 2.38. The van der Waals surface area contributed by atoms with Crippen molar-refractivity contribution in [2.24, 2.45) is 11.7 Å². The number of urea groups is 1. The molecule has 296 valence electrons. The number of ketones is 1. The van der Waals surface area contributed by atoms with E-state index in [1.807, 2.05) is 36.4 Å². The molecular weight excluding hydrogens is 728 g/mol. The van der Waals surface area contributed by atoms with E-state index in [0.29, 0.717) is 37.8 Å². The molecule has 2 aromatic carbocycles. The van der Waals surface area contributed by atoms with Gasteiger partial charge in [-0.05, 0) is 73.8 Å². The number of piperidine rings is 1. The number of nitrogens with one attached hydrogen (secondary N) is 3. The van der Waals surface area contributed by atoms with Gasteiger partial charge in [-0.3, -0.25) is 28.8 Å². The molecule has 4 rings (SSSR count). The fraction of sp³-hybridized carbons (Fsp3) is 0.475. The van der Waals surface area contributed by atoms with Crippen LogP contribution in [0.3, 0.4) is 0 Å². The molecule has 5 N–H and O–H groups in total. The van der Waals surface area contributed by atoms with E-state index >= 15 is 0 Å². The summed E-state index contributed by atoms with van der Waals surface area (Å²) in [7, 11) is 2.86. The summed E-state index contributed by atoms with van der Waals surface area (Å²) in [6.45, 7) is 0.435. The zero-order chi connectivity index (χ0) is 39.9. The number of halogens is 1. The molecule has 6 amide bonds. The molecule has 0 bridgehead atoms. The quantitative estimate of drug-likeness (QED) is 0.0947. The summed E-state index contributed by atoms with van der Waals surface area (Å²) in [4.78, 5) is 95.1. The number of primary amides is 1. The summed E-state index contributed by atoms with van der Waals surface area (Å²) in [5, 5.41) is 8.06. The number of benzene rings is 2. The number of anilines is 1. The van der Waals surface area contributed by atoms with Gasteiger partial charge in [0.15, 0.2) is 5.78 Å². The number of nitrogens with zero attached hydrogens (tertiary/aromatic N) is 2. The number of Topliss-reactive ketones (excluding diaryl/α,β-unsaturated/α-hetero) is 1. The lowest BCUT2D eigenvalue weighted by molar-refractivity contribution is -0.146. The predicted molar refractivity (Wildman–Crippen MR) is 208 cm³/mol. The smallest absolute Gasteiger partial charge is 0.312 e. The Bertz CT molecular complexity index is 1740. The van der Waals surface area contributed by atoms with Gasteiger partial charge >= 0.3 is 12.0 Å². The second-order valence-corrected chi connectivity index (χ2v) is 14.1. The third kappa shape index (κ3) is 12.1. The number of rotatable bonds is 19. The SMILES string of the molecule is COC(=O)CC[C@H](NC(=O)CCl)C(=O)N1CCCC[C@H]1C(=O)N[C@@H](CC1=CCc2ccccc21)C(=O)C[C@@H](CCCNC(N)=O)C(=O)N(C)c1ccccc1. The van der Waals surface area contributed by atoms with Crippen molar-refractivity contribution in [2.45, 2.75) is 82.3 Å². The minimum absolute atomic E-state index is 0.0601. The lowest BCUT2D eigenvalue weighted by Crippen LogP contribution is -2.59. The van der Waals surface area contributed by atoms with Crippen molar-refractivity contribution in [1.29, 1.82) is 0 Å². The van der Waals surface area contributed by atoms with Crippen LogP contribution in [-0.4, -0.2) is 97.6 Å². The number of carbonyl (C=O) groups excluding carboxylic acids is 7. The Morgan fingerprint density at radius 2 is 1.69 bits per heavy atom. The topological polar surface area (TPSA) is 197 Å². The van der Waals surface area contributed by atoms with Crippen LogP contribution in [0.15, 0.2) is 60.7 Å². The number of nitrogens with two attached hydrogens (primary N) is 1. The highest BCUT2D eigenvalue weighted by molar-refractivity contribution is 6.27. The first kappa shape index (κ1) is 42.5. The molecule has 0 unspecified atom stereocenters. The molecule has 1 fully saturated rings. The van der Waals surface area contributed by atoms with Crippen molar-refractivity contribution in [3.8, 4) is 0 Å². The van der Waals surface area contributed by atoms with Crippen molar-refractivity contribution < 1.29 is 38.3 Å². The van der Waals surface area contributed by atoms with Crippen LogP contribution < -0.4 is 26.6 Å². The van der Waals surface area contributed by atoms with Crippen molar-refractivity contribution in [1.82, 2.24) is 20.9 Å². The van der Waals surface area contributed by atoms with Crippen LogP contribution in [0.2, 0.25) is 0 Å². The van der Waals surface area contributed by atoms with Crippen LogP contribution in [0, 0.1) is 5.92 Å². The van der Waals surface area contributed by atoms with Crippen molar-refractivity contribution in [3.63, 3.8) is 0 Å². The molecule has 0 radical (unpaired) electrons. The maximum Gasteiger partial charge on any atom is 0.312 e. The molecular formula is C40H51ClN6O8. The van der Waals surface area contributed by atoms with Gasteiger partial charge in [0, 0.05) is 51.0 Å². The van der Waals surface area contributed by atoms with Gasteiger partial charge in [-0.1, -0.05) is 48.5 Å². The van der Waals surface area contributed by atoms with E-state index in [0.717, 1.165) is 16.7 Å². The zero-order valence-corrected chi connectivity index (χ0v) is 32.1. The maximum absolute atomic E-state index is 14.4. The molecule has 0 spiro atoms. The number of carbonyl (C=O) groups is 7. The predicted octanol–water partition coefficient (Wildman–Crippen LogP) is 3.25. The van der Waals surface area contributed by atoms with E-state index in [9.17, 15) is 33.6 Å². The van der Waals surface area contributed by atoms with Gasteiger partial charge in [0.1, 0.15) is 18.0 Å². The first-order valence-electron chi connectivity index (χ1n) is 18.6. The molecule has 15 heteroatoms. The monoisotopic (exact) mass is 778 g/mol. The second kappa shape index (κ2) is 21.0. The molecule has 1 aliphatic heterocycles. The lowest BCUT2D eigenvalue weighted by atomic mass is 9.89. The van der Waals surface area contributed by atoms with Crippen LogP contribution >= 0.6 is 11.6 Å². The van der Waals surface area contributed by atoms with Crippen LogP contribution in [0.4, 0.5) is 10.5 Å². The molecule has 0 saturated carbocycles. The van der Waals surface area contributed by atoms with Crippen LogP contribution in [0.25, 0.3) is 5.57 Å². The van der Waals surface area contributed by atoms with Gasteiger partial charge < -0.3 is 36.2 Å². The Hall–Kier alpha value is -5.24. The standard InChI is InChI=1S/C40H51ClN6O8/c1-46(29-13-4-3-5-14-29)38(52)28(12-10-21-43-40(42)54)24-34(48)32(23-27-18-17-26-11-6-7-15-30(26)27)45-37(51)33-16-8-9-22-47(33)39(53)31(44-35(49)25-41)19-20-36(50)55-2/h3-7,11,13-15,18,28,31-33H,8-10,12,16-17,19-25H2,1-2H3,(H,44,49)(H,45,51)(H3,42,43,54)/t28-,31+,32+,33+/m1/s1.